The van der Waals surface area contributed by atoms with Gasteiger partial charge in [-0.15, -0.1) is 0 Å². The van der Waals surface area contributed by atoms with Crippen LogP contribution in [0.25, 0.3) is 0 Å². The van der Waals surface area contributed by atoms with E-state index >= 15 is 0 Å². The van der Waals surface area contributed by atoms with Crippen molar-refractivity contribution < 1.29 is 27.9 Å². The Kier molecular flexibility index (Phi) is 5.66. The quantitative estimate of drug-likeness (QED) is 0.792. The molecule has 3 rings (SSSR count). The summed E-state index contributed by atoms with van der Waals surface area (Å²) in [7, 11) is -2.70. The average Bonchev–Trinajstić information content (AvgIpc) is 2.68. The number of amides is 1. The lowest BCUT2D eigenvalue weighted by atomic mass is 9.92. The van der Waals surface area contributed by atoms with E-state index in [1.165, 1.54) is 35.7 Å². The molecule has 0 aliphatic carbocycles. The summed E-state index contributed by atoms with van der Waals surface area (Å²) in [4.78, 5) is 22.7. The molecule has 1 atom stereocenters. The smallest absolute Gasteiger partial charge is 0.411 e. The molecular formula is C19H20N2O6S. The highest BCUT2D eigenvalue weighted by atomic mass is 32.2. The molecule has 9 heteroatoms. The Labute approximate surface area is 162 Å². The van der Waals surface area contributed by atoms with E-state index in [4.69, 9.17) is 0 Å². The van der Waals surface area contributed by atoms with Crippen molar-refractivity contribution in [1.82, 2.24) is 4.31 Å². The van der Waals surface area contributed by atoms with Crippen LogP contribution < -0.4 is 5.32 Å². The van der Waals surface area contributed by atoms with Crippen LogP contribution in [-0.2, 0) is 26.0 Å². The number of carbonyl (C=O) groups excluding carboxylic acids is 1. The first-order valence-electron chi connectivity index (χ1n) is 8.59. The summed E-state index contributed by atoms with van der Waals surface area (Å²) in [6, 6.07) is 12.2. The van der Waals surface area contributed by atoms with E-state index in [1.54, 1.807) is 12.1 Å². The first-order chi connectivity index (χ1) is 13.3. The lowest BCUT2D eigenvalue weighted by molar-refractivity contribution is -0.138. The molecule has 1 unspecified atom stereocenters. The monoisotopic (exact) mass is 404 g/mol. The second-order valence-electron chi connectivity index (χ2n) is 6.32. The maximum absolute atomic E-state index is 13.2. The number of methoxy groups -OCH3 is 1. The summed E-state index contributed by atoms with van der Waals surface area (Å²) in [5, 5.41) is 11.8. The Morgan fingerprint density at radius 3 is 2.50 bits per heavy atom. The van der Waals surface area contributed by atoms with Crippen molar-refractivity contribution in [3.05, 3.63) is 59.7 Å². The third-order valence-electron chi connectivity index (χ3n) is 4.62. The van der Waals surface area contributed by atoms with Crippen molar-refractivity contribution in [3.63, 3.8) is 0 Å². The number of nitrogens with one attached hydrogen (secondary N) is 1. The fourth-order valence-corrected chi connectivity index (χ4v) is 4.91. The van der Waals surface area contributed by atoms with Gasteiger partial charge in [-0.05, 0) is 41.8 Å². The fourth-order valence-electron chi connectivity index (χ4n) is 3.31. The summed E-state index contributed by atoms with van der Waals surface area (Å²) >= 11 is 0. The molecule has 2 aromatic carbocycles. The van der Waals surface area contributed by atoms with Crippen molar-refractivity contribution in [3.8, 4) is 0 Å². The fraction of sp³-hybridized carbons (Fsp3) is 0.263. The predicted molar refractivity (Wildman–Crippen MR) is 102 cm³/mol. The number of hydrogen-bond donors (Lipinski definition) is 2. The molecule has 1 aliphatic rings. The molecule has 148 valence electrons. The van der Waals surface area contributed by atoms with Crippen molar-refractivity contribution in [1.29, 1.82) is 0 Å². The molecule has 0 fully saturated rings. The van der Waals surface area contributed by atoms with E-state index < -0.39 is 28.1 Å². The average molecular weight is 404 g/mol. The van der Waals surface area contributed by atoms with Gasteiger partial charge in [0, 0.05) is 12.2 Å². The van der Waals surface area contributed by atoms with Crippen LogP contribution in [0.4, 0.5) is 10.5 Å². The summed E-state index contributed by atoms with van der Waals surface area (Å²) in [5.41, 5.74) is 2.05. The maximum atomic E-state index is 13.2. The molecule has 1 heterocycles. The second kappa shape index (κ2) is 7.99. The van der Waals surface area contributed by atoms with Gasteiger partial charge in [0.05, 0.1) is 24.5 Å². The Morgan fingerprint density at radius 1 is 1.18 bits per heavy atom. The van der Waals surface area contributed by atoms with Crippen LogP contribution in [0.5, 0.6) is 0 Å². The molecule has 1 amide bonds. The summed E-state index contributed by atoms with van der Waals surface area (Å²) in [6.07, 6.45) is -0.476. The van der Waals surface area contributed by atoms with Crippen molar-refractivity contribution in [2.75, 3.05) is 19.0 Å². The molecule has 2 aromatic rings. The van der Waals surface area contributed by atoms with E-state index in [0.29, 0.717) is 17.7 Å². The van der Waals surface area contributed by atoms with E-state index in [9.17, 15) is 23.1 Å². The number of carbonyl (C=O) groups is 2. The molecule has 0 spiro atoms. The largest absolute Gasteiger partial charge is 0.481 e. The zero-order valence-corrected chi connectivity index (χ0v) is 16.0. The van der Waals surface area contributed by atoms with Gasteiger partial charge < -0.3 is 9.84 Å². The third kappa shape index (κ3) is 4.00. The number of hydrogen-bond acceptors (Lipinski definition) is 5. The van der Waals surface area contributed by atoms with E-state index in [1.807, 2.05) is 12.1 Å². The Bertz CT molecular complexity index is 988. The lowest BCUT2D eigenvalue weighted by Gasteiger charge is -2.35. The van der Waals surface area contributed by atoms with Crippen LogP contribution >= 0.6 is 0 Å². The number of ether oxygens (including phenoxy) is 1. The van der Waals surface area contributed by atoms with Crippen LogP contribution in [0.1, 0.15) is 23.6 Å². The zero-order valence-electron chi connectivity index (χ0n) is 15.2. The number of rotatable bonds is 5. The maximum Gasteiger partial charge on any atom is 0.411 e. The molecule has 2 N–H and O–H groups in total. The number of carboxylic acid groups (broad SMARTS) is 1. The minimum absolute atomic E-state index is 0.0256. The molecule has 1 aliphatic heterocycles. The molecular weight excluding hydrogens is 384 g/mol. The standard InChI is InChI=1S/C19H20N2O6S/c1-27-19(24)20-14-6-8-15(9-7-14)28(25,26)21-11-10-13-4-2-3-5-16(13)17(21)12-18(22)23/h2-9,17H,10-12H2,1H3,(H,20,24)(H,22,23). The van der Waals surface area contributed by atoms with Gasteiger partial charge in [0.25, 0.3) is 0 Å². The van der Waals surface area contributed by atoms with Crippen LogP contribution in [0.2, 0.25) is 0 Å². The Morgan fingerprint density at radius 2 is 1.86 bits per heavy atom. The van der Waals surface area contributed by atoms with Gasteiger partial charge in [0.15, 0.2) is 0 Å². The number of carboxylic acids is 1. The lowest BCUT2D eigenvalue weighted by Crippen LogP contribution is -2.40. The second-order valence-corrected chi connectivity index (χ2v) is 8.21. The topological polar surface area (TPSA) is 113 Å². The van der Waals surface area contributed by atoms with Gasteiger partial charge in [-0.25, -0.2) is 13.2 Å². The van der Waals surface area contributed by atoms with E-state index in [-0.39, 0.29) is 17.9 Å². The highest BCUT2D eigenvalue weighted by Gasteiger charge is 2.37. The summed E-state index contributed by atoms with van der Waals surface area (Å²) in [6.45, 7) is 0.194. The molecule has 0 bridgehead atoms. The van der Waals surface area contributed by atoms with E-state index in [2.05, 4.69) is 10.1 Å². The number of sulfonamides is 1. The molecule has 0 saturated heterocycles. The van der Waals surface area contributed by atoms with Gasteiger partial charge in [0.1, 0.15) is 0 Å². The zero-order chi connectivity index (χ0) is 20.3. The molecule has 0 aromatic heterocycles. The highest BCUT2D eigenvalue weighted by molar-refractivity contribution is 7.89. The number of aliphatic carboxylic acids is 1. The number of nitrogens with zero attached hydrogens (tertiary/aromatic N) is 1. The molecule has 8 nitrogen and oxygen atoms in total. The Hall–Kier alpha value is -2.91. The first-order valence-corrected chi connectivity index (χ1v) is 10.0. The predicted octanol–water partition coefficient (Wildman–Crippen LogP) is 2.63. The normalized spacial score (nSPS) is 16.8. The number of fused-ring (bicyclic) bond motifs is 1. The van der Waals surface area contributed by atoms with Gasteiger partial charge in [-0.1, -0.05) is 24.3 Å². The van der Waals surface area contributed by atoms with E-state index in [0.717, 1.165) is 5.56 Å². The van der Waals surface area contributed by atoms with Crippen LogP contribution in [0.3, 0.4) is 0 Å². The molecule has 0 saturated carbocycles. The van der Waals surface area contributed by atoms with Crippen LogP contribution in [0.15, 0.2) is 53.4 Å². The summed E-state index contributed by atoms with van der Waals surface area (Å²) < 4.78 is 32.1. The van der Waals surface area contributed by atoms with Gasteiger partial charge in [-0.3, -0.25) is 10.1 Å². The van der Waals surface area contributed by atoms with Gasteiger partial charge >= 0.3 is 12.1 Å². The molecule has 28 heavy (non-hydrogen) atoms. The van der Waals surface area contributed by atoms with Crippen molar-refractivity contribution in [2.24, 2.45) is 0 Å². The SMILES string of the molecule is COC(=O)Nc1ccc(S(=O)(=O)N2CCc3ccccc3C2CC(=O)O)cc1. The minimum Gasteiger partial charge on any atom is -0.481 e. The minimum atomic E-state index is -3.92. The third-order valence-corrected chi connectivity index (χ3v) is 6.55. The first kappa shape index (κ1) is 19.8. The van der Waals surface area contributed by atoms with Crippen molar-refractivity contribution in [2.45, 2.75) is 23.8 Å². The molecule has 0 radical (unpaired) electrons. The van der Waals surface area contributed by atoms with Crippen molar-refractivity contribution >= 4 is 27.8 Å². The highest BCUT2D eigenvalue weighted by Crippen LogP contribution is 2.36. The summed E-state index contributed by atoms with van der Waals surface area (Å²) in [5.74, 6) is -1.07. The van der Waals surface area contributed by atoms with Crippen LogP contribution in [0, 0.1) is 0 Å². The van der Waals surface area contributed by atoms with Crippen LogP contribution in [-0.4, -0.2) is 43.5 Å². The Balaban J connectivity index is 1.93. The number of anilines is 1. The van der Waals surface area contributed by atoms with Gasteiger partial charge in [0.2, 0.25) is 10.0 Å². The van der Waals surface area contributed by atoms with Gasteiger partial charge in [-0.2, -0.15) is 4.31 Å². The number of benzene rings is 2.